The van der Waals surface area contributed by atoms with Crippen LogP contribution >= 0.6 is 0 Å². The van der Waals surface area contributed by atoms with Crippen LogP contribution in [0.5, 0.6) is 0 Å². The van der Waals surface area contributed by atoms with E-state index >= 15 is 0 Å². The maximum atomic E-state index is 10.4. The first kappa shape index (κ1) is 10.4. The first-order chi connectivity index (χ1) is 4.95. The Morgan fingerprint density at radius 2 is 2.09 bits per heavy atom. The minimum absolute atomic E-state index is 0.192. The van der Waals surface area contributed by atoms with Crippen molar-refractivity contribution >= 4 is 16.1 Å². The fraction of sp³-hybridized carbons (Fsp3) is 0.800. The Kier molecular flexibility index (Phi) is 4.06. The molecule has 1 amide bonds. The Bertz CT molecular complexity index is 221. The zero-order valence-corrected chi connectivity index (χ0v) is 7.22. The van der Waals surface area contributed by atoms with Gasteiger partial charge in [-0.25, -0.2) is 0 Å². The van der Waals surface area contributed by atoms with Gasteiger partial charge in [0.1, 0.15) is 6.26 Å². The van der Waals surface area contributed by atoms with E-state index in [1.807, 2.05) is 0 Å². The summed E-state index contributed by atoms with van der Waals surface area (Å²) in [5.41, 5.74) is 0. The molecule has 0 spiro atoms. The van der Waals surface area contributed by atoms with E-state index in [1.165, 1.54) is 0 Å². The summed E-state index contributed by atoms with van der Waals surface area (Å²) in [4.78, 5) is 10.4. The number of ether oxygens (including phenoxy) is 1. The molecule has 0 atom stereocenters. The Labute approximate surface area is 65.8 Å². The van der Waals surface area contributed by atoms with Gasteiger partial charge in [-0.15, -0.1) is 0 Å². The Morgan fingerprint density at radius 3 is 2.45 bits per heavy atom. The van der Waals surface area contributed by atoms with Crippen molar-refractivity contribution in [2.45, 2.75) is 13.3 Å². The van der Waals surface area contributed by atoms with Gasteiger partial charge in [-0.3, -0.25) is 0 Å². The number of carbonyl (C=O) groups is 1. The molecule has 0 saturated carbocycles. The quantitative estimate of drug-likeness (QED) is 0.617. The lowest BCUT2D eigenvalue weighted by Gasteiger charge is -1.88. The second kappa shape index (κ2) is 4.30. The average Bonchev–Trinajstić information content (AvgIpc) is 1.79. The van der Waals surface area contributed by atoms with Crippen LogP contribution in [0.2, 0.25) is 0 Å². The molecule has 64 valence electrons. The molecule has 11 heavy (non-hydrogen) atoms. The lowest BCUT2D eigenvalue weighted by molar-refractivity contribution is 0.152. The summed E-state index contributed by atoms with van der Waals surface area (Å²) >= 11 is 0. The number of carbonyl (C=O) groups excluding carboxylic acids is 1. The van der Waals surface area contributed by atoms with Crippen LogP contribution in [0, 0.1) is 0 Å². The van der Waals surface area contributed by atoms with Gasteiger partial charge in [-0.1, -0.05) is 6.92 Å². The maximum Gasteiger partial charge on any atom is 0.650 e. The fourth-order valence-electron chi connectivity index (χ4n) is 0.351. The van der Waals surface area contributed by atoms with E-state index in [-0.39, 0.29) is 6.61 Å². The summed E-state index contributed by atoms with van der Waals surface area (Å²) in [6.45, 7) is 1.99. The van der Waals surface area contributed by atoms with Crippen molar-refractivity contribution in [3.05, 3.63) is 0 Å². The van der Waals surface area contributed by atoms with Crippen LogP contribution in [0.15, 0.2) is 0 Å². The van der Waals surface area contributed by atoms with Gasteiger partial charge in [-0.2, -0.15) is 13.2 Å². The van der Waals surface area contributed by atoms with E-state index in [1.54, 1.807) is 6.92 Å². The van der Waals surface area contributed by atoms with Gasteiger partial charge in [0, 0.05) is 0 Å². The van der Waals surface area contributed by atoms with Crippen molar-refractivity contribution in [1.29, 1.82) is 0 Å². The Morgan fingerprint density at radius 1 is 1.55 bits per heavy atom. The van der Waals surface area contributed by atoms with Crippen LogP contribution in [0.25, 0.3) is 0 Å². The van der Waals surface area contributed by atoms with E-state index < -0.39 is 16.1 Å². The molecule has 6 heteroatoms. The van der Waals surface area contributed by atoms with Crippen LogP contribution in [0.1, 0.15) is 13.3 Å². The average molecular weight is 180 g/mol. The predicted octanol–water partition coefficient (Wildman–Crippen LogP) is 0.0970. The van der Waals surface area contributed by atoms with Gasteiger partial charge in [0.25, 0.3) is 0 Å². The summed E-state index contributed by atoms with van der Waals surface area (Å²) in [7, 11) is -3.60. The lowest BCUT2D eigenvalue weighted by Crippen LogP contribution is -2.23. The Balaban J connectivity index is 3.71. The van der Waals surface area contributed by atoms with Crippen LogP contribution in [0.4, 0.5) is 4.79 Å². The van der Waals surface area contributed by atoms with Crippen molar-refractivity contribution in [1.82, 2.24) is 4.72 Å². The molecule has 0 fully saturated rings. The van der Waals surface area contributed by atoms with E-state index in [0.29, 0.717) is 6.42 Å². The molecular weight excluding hydrogens is 170 g/mol. The molecule has 2 radical (unpaired) electrons. The third kappa shape index (κ3) is 7.27. The number of hydrogen-bond acceptors (Lipinski definition) is 4. The second-order valence-corrected chi connectivity index (χ2v) is 3.59. The summed E-state index contributed by atoms with van der Waals surface area (Å²) in [5, 5.41) is 0. The predicted molar refractivity (Wildman–Crippen MR) is 38.6 cm³/mol. The standard InChI is InChI=1S/C5H10NO4S/c1-3-4-10-5(7)6-11(2,8)9/h3-4H2,1-2H3/q+1. The zero-order chi connectivity index (χ0) is 8.91. The smallest absolute Gasteiger partial charge is 0.411 e. The molecule has 0 rings (SSSR count). The van der Waals surface area contributed by atoms with Crippen molar-refractivity contribution in [2.75, 3.05) is 12.9 Å². The minimum Gasteiger partial charge on any atom is -0.411 e. The fourth-order valence-corrected chi connectivity index (χ4v) is 0.675. The molecule has 0 aromatic rings. The monoisotopic (exact) mass is 180 g/mol. The third-order valence-corrected chi connectivity index (χ3v) is 1.15. The van der Waals surface area contributed by atoms with Gasteiger partial charge >= 0.3 is 20.8 Å². The van der Waals surface area contributed by atoms with E-state index in [9.17, 15) is 13.2 Å². The van der Waals surface area contributed by atoms with Crippen molar-refractivity contribution < 1.29 is 17.9 Å². The van der Waals surface area contributed by atoms with E-state index in [4.69, 9.17) is 0 Å². The molecular formula is C5H10NO4S+. The molecule has 0 bridgehead atoms. The minimum atomic E-state index is -3.60. The van der Waals surface area contributed by atoms with Gasteiger partial charge in [0.05, 0.1) is 6.61 Å². The van der Waals surface area contributed by atoms with Crippen molar-refractivity contribution in [3.63, 3.8) is 0 Å². The van der Waals surface area contributed by atoms with Gasteiger partial charge in [0.15, 0.2) is 0 Å². The molecule has 0 aliphatic carbocycles. The van der Waals surface area contributed by atoms with Gasteiger partial charge in [0.2, 0.25) is 0 Å². The number of amides is 1. The molecule has 0 aliphatic heterocycles. The summed E-state index contributed by atoms with van der Waals surface area (Å²) in [6.07, 6.45) is 0.431. The Hall–Kier alpha value is -0.620. The maximum absolute atomic E-state index is 10.4. The van der Waals surface area contributed by atoms with Gasteiger partial charge < -0.3 is 4.74 Å². The molecule has 0 N–H and O–H groups in total. The zero-order valence-electron chi connectivity index (χ0n) is 6.40. The highest BCUT2D eigenvalue weighted by atomic mass is 32.2. The summed E-state index contributed by atoms with van der Waals surface area (Å²) < 4.78 is 27.8. The van der Waals surface area contributed by atoms with Crippen LogP contribution in [0.3, 0.4) is 0 Å². The van der Waals surface area contributed by atoms with Crippen LogP contribution in [-0.2, 0) is 14.8 Å². The molecule has 0 aromatic heterocycles. The van der Waals surface area contributed by atoms with Crippen LogP contribution in [-0.4, -0.2) is 27.4 Å². The number of hydrogen-bond donors (Lipinski definition) is 0. The normalized spacial score (nSPS) is 11.1. The second-order valence-electron chi connectivity index (χ2n) is 1.94. The number of nitrogens with zero attached hydrogens (tertiary/aromatic N) is 1. The van der Waals surface area contributed by atoms with E-state index in [0.717, 1.165) is 6.26 Å². The van der Waals surface area contributed by atoms with Gasteiger partial charge in [-0.05, 0) is 6.42 Å². The topological polar surface area (TPSA) is 74.5 Å². The van der Waals surface area contributed by atoms with E-state index in [2.05, 4.69) is 9.46 Å². The lowest BCUT2D eigenvalue weighted by atomic mass is 10.5. The highest BCUT2D eigenvalue weighted by Crippen LogP contribution is 1.86. The molecule has 0 heterocycles. The number of rotatable bonds is 3. The molecule has 0 unspecified atom stereocenters. The summed E-state index contributed by atoms with van der Waals surface area (Å²) in [6, 6.07) is 0. The van der Waals surface area contributed by atoms with Crippen molar-refractivity contribution in [2.24, 2.45) is 0 Å². The highest BCUT2D eigenvalue weighted by molar-refractivity contribution is 7.89. The number of sulfonamides is 1. The SMILES string of the molecule is CCCOC(=O)[N+]S(C)(=O)=O. The molecule has 5 nitrogen and oxygen atoms in total. The largest absolute Gasteiger partial charge is 0.650 e. The third-order valence-electron chi connectivity index (χ3n) is 0.670. The molecule has 0 saturated heterocycles. The first-order valence-electron chi connectivity index (χ1n) is 3.05. The van der Waals surface area contributed by atoms with Crippen LogP contribution < -0.4 is 4.72 Å². The molecule has 0 aromatic carbocycles. The molecule has 0 aliphatic rings. The van der Waals surface area contributed by atoms with Crippen molar-refractivity contribution in [3.8, 4) is 0 Å². The highest BCUT2D eigenvalue weighted by Gasteiger charge is 2.31. The summed E-state index contributed by atoms with van der Waals surface area (Å²) in [5.74, 6) is 0. The first-order valence-corrected chi connectivity index (χ1v) is 4.90.